The predicted molar refractivity (Wildman–Crippen MR) is 164 cm³/mol. The number of amides is 4. The van der Waals surface area contributed by atoms with Gasteiger partial charge in [0, 0.05) is 39.5 Å². The van der Waals surface area contributed by atoms with Gasteiger partial charge in [0.1, 0.15) is 12.1 Å². The van der Waals surface area contributed by atoms with Crippen LogP contribution in [0.5, 0.6) is 0 Å². The van der Waals surface area contributed by atoms with Gasteiger partial charge in [0.05, 0.1) is 6.26 Å². The van der Waals surface area contributed by atoms with E-state index < -0.39 is 39.8 Å². The van der Waals surface area contributed by atoms with Crippen LogP contribution in [0.1, 0.15) is 70.8 Å². The highest BCUT2D eigenvalue weighted by atomic mass is 32.2. The van der Waals surface area contributed by atoms with Gasteiger partial charge in [-0.3, -0.25) is 24.5 Å². The number of hydrogen-bond donors (Lipinski definition) is 2. The van der Waals surface area contributed by atoms with E-state index in [0.29, 0.717) is 51.7 Å². The fraction of sp³-hybridized carbons (Fsp3) is 0.633. The van der Waals surface area contributed by atoms with Gasteiger partial charge in [-0.05, 0) is 50.0 Å². The van der Waals surface area contributed by atoms with Crippen LogP contribution in [0.15, 0.2) is 35.3 Å². The van der Waals surface area contributed by atoms with Crippen LogP contribution in [0.2, 0.25) is 0 Å². The fourth-order valence-corrected chi connectivity index (χ4v) is 6.90. The molecule has 1 aromatic carbocycles. The molecule has 2 aliphatic rings. The molecule has 0 spiro atoms. The summed E-state index contributed by atoms with van der Waals surface area (Å²) in [6.07, 6.45) is 6.48. The zero-order valence-electron chi connectivity index (χ0n) is 25.5. The predicted octanol–water partition coefficient (Wildman–Crippen LogP) is 1.65. The van der Waals surface area contributed by atoms with Crippen LogP contribution in [0.25, 0.3) is 0 Å². The molecule has 2 aliphatic heterocycles. The number of piperidine rings is 1. The number of unbranched alkanes of at least 4 members (excludes halogenated alkanes) is 2. The van der Waals surface area contributed by atoms with Crippen molar-refractivity contribution < 1.29 is 27.6 Å². The van der Waals surface area contributed by atoms with Crippen molar-refractivity contribution >= 4 is 39.6 Å². The molecule has 2 atom stereocenters. The van der Waals surface area contributed by atoms with Gasteiger partial charge in [0.25, 0.3) is 0 Å². The first-order chi connectivity index (χ1) is 20.4. The lowest BCUT2D eigenvalue weighted by Crippen LogP contribution is -2.56. The van der Waals surface area contributed by atoms with E-state index in [4.69, 9.17) is 5.73 Å². The van der Waals surface area contributed by atoms with Crippen LogP contribution in [0, 0.1) is 5.92 Å². The van der Waals surface area contributed by atoms with Crippen molar-refractivity contribution in [2.75, 3.05) is 32.4 Å². The summed E-state index contributed by atoms with van der Waals surface area (Å²) < 4.78 is 27.8. The second-order valence-electron chi connectivity index (χ2n) is 11.5. The Labute approximate surface area is 255 Å². The second kappa shape index (κ2) is 15.9. The Bertz CT molecular complexity index is 1260. The maximum atomic E-state index is 14.0. The molecule has 0 bridgehead atoms. The third kappa shape index (κ3) is 10.1. The first-order valence-electron chi connectivity index (χ1n) is 15.1. The minimum Gasteiger partial charge on any atom is -0.368 e. The lowest BCUT2D eigenvalue weighted by Gasteiger charge is -2.38. The van der Waals surface area contributed by atoms with Gasteiger partial charge >= 0.3 is 0 Å². The normalized spacial score (nSPS) is 19.0. The van der Waals surface area contributed by atoms with Gasteiger partial charge in [-0.25, -0.2) is 8.42 Å². The molecule has 2 heterocycles. The van der Waals surface area contributed by atoms with E-state index in [1.54, 1.807) is 0 Å². The van der Waals surface area contributed by atoms with E-state index in [1.807, 2.05) is 35.2 Å². The molecule has 0 saturated carbocycles. The fourth-order valence-electron chi connectivity index (χ4n) is 5.79. The van der Waals surface area contributed by atoms with Crippen LogP contribution in [0.4, 0.5) is 0 Å². The Balaban J connectivity index is 1.78. The van der Waals surface area contributed by atoms with Crippen LogP contribution >= 0.6 is 0 Å². The van der Waals surface area contributed by atoms with E-state index in [2.05, 4.69) is 17.2 Å². The lowest BCUT2D eigenvalue weighted by atomic mass is 9.95. The first kappa shape index (κ1) is 34.2. The third-order valence-electron chi connectivity index (χ3n) is 8.07. The number of aliphatic imine (C=N–C) groups is 1. The number of rotatable bonds is 12. The Hall–Kier alpha value is -3.32. The maximum absolute atomic E-state index is 14.0. The molecule has 13 heteroatoms. The highest BCUT2D eigenvalue weighted by Gasteiger charge is 2.41. The number of sulfonamides is 1. The van der Waals surface area contributed by atoms with Crippen molar-refractivity contribution in [1.29, 1.82) is 0 Å². The van der Waals surface area contributed by atoms with Crippen LogP contribution in [-0.2, 0) is 35.6 Å². The van der Waals surface area contributed by atoms with Gasteiger partial charge in [-0.1, -0.05) is 50.1 Å². The standard InChI is InChI=1S/C30H46N6O6S/c1-4-5-7-14-27(38)33-30(32-22(2)37)34-18-15-24(16-19-34)21-36(43(3,41)42)26(20-23-11-8-6-9-12-23)29(40)35-17-10-13-25(35)28(31)39/h6,8-9,11-12,24-26H,4-5,7,10,13-21H2,1-3H3,(H2,31,39)(H,32,33,37,38)/t25-,26+/m0/s1. The third-order valence-corrected chi connectivity index (χ3v) is 9.32. The molecular formula is C30H46N6O6S. The van der Waals surface area contributed by atoms with Gasteiger partial charge in [0.15, 0.2) is 0 Å². The minimum absolute atomic E-state index is 0.0820. The number of primary amides is 1. The molecule has 43 heavy (non-hydrogen) atoms. The Morgan fingerprint density at radius 2 is 1.74 bits per heavy atom. The number of carbonyl (C=O) groups excluding carboxylic acids is 4. The largest absolute Gasteiger partial charge is 0.368 e. The number of benzene rings is 1. The van der Waals surface area contributed by atoms with Gasteiger partial charge < -0.3 is 15.5 Å². The van der Waals surface area contributed by atoms with E-state index in [0.717, 1.165) is 31.1 Å². The summed E-state index contributed by atoms with van der Waals surface area (Å²) in [7, 11) is -3.84. The molecule has 0 unspecified atom stereocenters. The maximum Gasteiger partial charge on any atom is 0.245 e. The summed E-state index contributed by atoms with van der Waals surface area (Å²) in [5.74, 6) is -1.50. The lowest BCUT2D eigenvalue weighted by molar-refractivity contribution is -0.140. The van der Waals surface area contributed by atoms with E-state index in [9.17, 15) is 27.6 Å². The van der Waals surface area contributed by atoms with Gasteiger partial charge in [-0.2, -0.15) is 9.30 Å². The number of guanidine groups is 1. The molecule has 0 aliphatic carbocycles. The molecule has 2 fully saturated rings. The Morgan fingerprint density at radius 1 is 1.07 bits per heavy atom. The SMILES string of the molecule is CCCCCC(=O)NC(=NC(C)=O)N1CCC(CN([C@H](Cc2ccccc2)C(=O)N2CCC[C@H]2C(N)=O)S(C)(=O)=O)CC1. The number of hydrogen-bond acceptors (Lipinski definition) is 6. The number of nitrogens with zero attached hydrogens (tertiary/aromatic N) is 4. The molecule has 2 saturated heterocycles. The van der Waals surface area contributed by atoms with Gasteiger partial charge in [0.2, 0.25) is 39.6 Å². The molecule has 4 amide bonds. The van der Waals surface area contributed by atoms with Crippen LogP contribution in [0.3, 0.4) is 0 Å². The van der Waals surface area contributed by atoms with Crippen molar-refractivity contribution in [1.82, 2.24) is 19.4 Å². The average molecular weight is 619 g/mol. The molecule has 1 aromatic rings. The van der Waals surface area contributed by atoms with E-state index in [-0.39, 0.29) is 30.8 Å². The van der Waals surface area contributed by atoms with Crippen molar-refractivity contribution in [3.63, 3.8) is 0 Å². The van der Waals surface area contributed by atoms with Crippen LogP contribution in [-0.4, -0.2) is 96.6 Å². The molecule has 238 valence electrons. The molecule has 12 nitrogen and oxygen atoms in total. The van der Waals surface area contributed by atoms with Gasteiger partial charge in [-0.15, -0.1) is 0 Å². The van der Waals surface area contributed by atoms with Crippen molar-refractivity contribution in [3.8, 4) is 0 Å². The average Bonchev–Trinajstić information content (AvgIpc) is 3.45. The van der Waals surface area contributed by atoms with Crippen LogP contribution < -0.4 is 11.1 Å². The Morgan fingerprint density at radius 3 is 2.33 bits per heavy atom. The Kier molecular flexibility index (Phi) is 12.7. The summed E-state index contributed by atoms with van der Waals surface area (Å²) in [4.78, 5) is 57.7. The topological polar surface area (TPSA) is 163 Å². The number of carbonyl (C=O) groups is 4. The smallest absolute Gasteiger partial charge is 0.245 e. The highest BCUT2D eigenvalue weighted by molar-refractivity contribution is 7.88. The van der Waals surface area contributed by atoms with Crippen molar-refractivity contribution in [3.05, 3.63) is 35.9 Å². The molecular weight excluding hydrogens is 572 g/mol. The number of nitrogens with one attached hydrogen (secondary N) is 1. The summed E-state index contributed by atoms with van der Waals surface area (Å²) in [5, 5.41) is 2.78. The molecule has 3 N–H and O–H groups in total. The monoisotopic (exact) mass is 618 g/mol. The zero-order valence-corrected chi connectivity index (χ0v) is 26.4. The minimum atomic E-state index is -3.84. The van der Waals surface area contributed by atoms with Crippen molar-refractivity contribution in [2.45, 2.75) is 83.7 Å². The summed E-state index contributed by atoms with van der Waals surface area (Å²) in [6.45, 7) is 4.75. The summed E-state index contributed by atoms with van der Waals surface area (Å²) >= 11 is 0. The van der Waals surface area contributed by atoms with E-state index in [1.165, 1.54) is 16.1 Å². The number of nitrogens with two attached hydrogens (primary N) is 1. The molecule has 0 radical (unpaired) electrons. The molecule has 3 rings (SSSR count). The summed E-state index contributed by atoms with van der Waals surface area (Å²) in [6, 6.07) is 7.43. The summed E-state index contributed by atoms with van der Waals surface area (Å²) in [5.41, 5.74) is 6.40. The highest BCUT2D eigenvalue weighted by Crippen LogP contribution is 2.26. The zero-order chi connectivity index (χ0) is 31.6. The van der Waals surface area contributed by atoms with Crippen molar-refractivity contribution in [2.24, 2.45) is 16.6 Å². The first-order valence-corrected chi connectivity index (χ1v) is 17.0. The quantitative estimate of drug-likeness (QED) is 0.204. The molecule has 0 aromatic heterocycles. The second-order valence-corrected chi connectivity index (χ2v) is 13.5. The number of likely N-dealkylation sites (tertiary alicyclic amines) is 2. The van der Waals surface area contributed by atoms with E-state index >= 15 is 0 Å².